The molecular weight excluding hydrogens is 1360 g/mol. The van der Waals surface area contributed by atoms with Crippen LogP contribution in [0.2, 0.25) is 0 Å². The van der Waals surface area contributed by atoms with Crippen molar-refractivity contribution in [3.63, 3.8) is 0 Å². The van der Waals surface area contributed by atoms with Crippen LogP contribution in [0.5, 0.6) is 0 Å². The zero-order valence-corrected chi connectivity index (χ0v) is 55.6. The van der Waals surface area contributed by atoms with Crippen LogP contribution in [0, 0.1) is 0 Å². The van der Waals surface area contributed by atoms with Gasteiger partial charge in [0.15, 0.2) is 0 Å². The fourth-order valence-electron chi connectivity index (χ4n) is 5.84. The summed E-state index contributed by atoms with van der Waals surface area (Å²) < 4.78 is 19.3. The number of nitrogens with one attached hydrogen (secondary N) is 2. The molecule has 0 aromatic rings. The van der Waals surface area contributed by atoms with Crippen molar-refractivity contribution in [2.24, 2.45) is 0 Å². The molecule has 4 heterocycles. The number of ether oxygens (including phenoxy) is 4. The van der Waals surface area contributed by atoms with E-state index in [9.17, 15) is 71.9 Å². The lowest BCUT2D eigenvalue weighted by Gasteiger charge is -2.15. The summed E-state index contributed by atoms with van der Waals surface area (Å²) in [5, 5.41) is 18.5. The molecule has 4 saturated heterocycles. The SMILES string of the molecule is C=C1CCC(=O)N1OC(=O)CCC(=O)OCCOC(=O)CCC(=O)ON1C(=O)CCC1=O.C=CC(=O)NCCSSCCNC(=O)C=C.COC(=[NH2+])CCSSCCC(=[NH2+])OC.O=C(CCSSCCC(=O)ON1C(=O)CCC1=O)ON1C(=O)CCC1=O.[Cl-].[Cl-]. The van der Waals surface area contributed by atoms with E-state index in [-0.39, 0.29) is 133 Å². The number of rotatable bonds is 36. The summed E-state index contributed by atoms with van der Waals surface area (Å²) in [6, 6.07) is 0. The van der Waals surface area contributed by atoms with E-state index in [1.54, 1.807) is 57.4 Å². The average Bonchev–Trinajstić information content (AvgIpc) is 3.16. The lowest BCUT2D eigenvalue weighted by Crippen LogP contribution is -3.00. The van der Waals surface area contributed by atoms with Gasteiger partial charge in [0, 0.05) is 92.6 Å². The Hall–Kier alpha value is -6.51. The van der Waals surface area contributed by atoms with Gasteiger partial charge in [-0.25, -0.2) is 30.0 Å². The number of amides is 9. The third-order valence-corrected chi connectivity index (χ3v) is 17.6. The van der Waals surface area contributed by atoms with Gasteiger partial charge in [-0.05, 0) is 18.6 Å². The number of hydrogen-bond acceptors (Lipinski definition) is 29. The average molecular weight is 1430 g/mol. The number of carbonyl (C=O) groups is 15. The number of halogens is 2. The molecular formula is C51H72Cl2N8O23S6. The first kappa shape index (κ1) is 85.6. The van der Waals surface area contributed by atoms with E-state index < -0.39 is 77.7 Å². The molecule has 0 unspecified atom stereocenters. The molecule has 39 heteroatoms. The molecule has 31 nitrogen and oxygen atoms in total. The Morgan fingerprint density at radius 2 is 0.667 bits per heavy atom. The zero-order valence-electron chi connectivity index (χ0n) is 49.2. The Labute approximate surface area is 554 Å². The predicted molar refractivity (Wildman–Crippen MR) is 321 cm³/mol. The van der Waals surface area contributed by atoms with Crippen LogP contribution in [-0.4, -0.2) is 196 Å². The first-order valence-corrected chi connectivity index (χ1v) is 34.0. The fourth-order valence-corrected chi connectivity index (χ4v) is 11.6. The Kier molecular flexibility index (Phi) is 48.6. The number of nitrogens with zero attached hydrogens (tertiary/aromatic N) is 4. The molecule has 0 aromatic carbocycles. The molecule has 4 rings (SSSR count). The lowest BCUT2D eigenvalue weighted by atomic mass is 10.3. The van der Waals surface area contributed by atoms with Gasteiger partial charge in [-0.2, -0.15) is 0 Å². The number of allylic oxidation sites excluding steroid dienone is 1. The smallest absolute Gasteiger partial charge is 0.334 e. The van der Waals surface area contributed by atoms with Gasteiger partial charge < -0.3 is 73.7 Å². The number of esters is 2. The van der Waals surface area contributed by atoms with Crippen LogP contribution < -0.4 is 46.3 Å². The Bertz CT molecular complexity index is 2330. The molecule has 0 saturated carbocycles. The highest BCUT2D eigenvalue weighted by atomic mass is 35.5. The molecule has 0 atom stereocenters. The van der Waals surface area contributed by atoms with Crippen LogP contribution >= 0.6 is 64.8 Å². The van der Waals surface area contributed by atoms with Crippen LogP contribution in [0.25, 0.3) is 0 Å². The maximum atomic E-state index is 11.7. The largest absolute Gasteiger partial charge is 1.00 e. The van der Waals surface area contributed by atoms with Crippen LogP contribution in [-0.2, 0) is 110 Å². The van der Waals surface area contributed by atoms with E-state index in [1.165, 1.54) is 33.7 Å². The minimum atomic E-state index is -0.942. The molecule has 4 aliphatic rings. The lowest BCUT2D eigenvalue weighted by molar-refractivity contribution is -0.197. The second-order valence-corrected chi connectivity index (χ2v) is 25.2. The second-order valence-electron chi connectivity index (χ2n) is 17.1. The van der Waals surface area contributed by atoms with Crippen molar-refractivity contribution in [3.8, 4) is 0 Å². The highest BCUT2D eigenvalue weighted by Crippen LogP contribution is 2.25. The van der Waals surface area contributed by atoms with Crippen molar-refractivity contribution in [3.05, 3.63) is 37.6 Å². The first-order valence-electron chi connectivity index (χ1n) is 26.5. The Balaban J connectivity index is 0. The van der Waals surface area contributed by atoms with Gasteiger partial charge in [0.1, 0.15) is 13.2 Å². The topological polar surface area (TPSA) is 418 Å². The molecule has 90 heavy (non-hydrogen) atoms. The zero-order chi connectivity index (χ0) is 65.8. The third kappa shape index (κ3) is 39.6. The molecule has 4 fully saturated rings. The molecule has 0 spiro atoms. The Morgan fingerprint density at radius 1 is 0.411 bits per heavy atom. The van der Waals surface area contributed by atoms with E-state index in [2.05, 4.69) is 35.2 Å². The standard InChI is InChI=1S/C19H22N2O11.C14H16N2O8S2.C10H16N2O2S2.C8H16N2O2S2.2ClH/c1-12-2-3-13(22)20(12)31-18(27)8-6-16(25)29-10-11-30-17(26)7-9-19(28)32-21-14(23)4-5-15(21)24;17-9-1-2-10(18)15(9)23-13(21)5-7-25-26-8-6-14(22)24-16-11(19)3-4-12(16)20;1-3-9(13)11-5-7-15-16-8-6-12-10(14)4-2;1-11-7(9)3-5-13-14-6-4-8(10)12-2;;/h1-11H2;1-8H2;3-4H,1-2,5-8H2,(H,11,13)(H,12,14);9-10H,3-6H2,1-2H3;2*1H. The number of methoxy groups -OCH3 is 2. The van der Waals surface area contributed by atoms with Crippen LogP contribution in [0.15, 0.2) is 37.6 Å². The fraction of sp³-hybridized carbons (Fsp3) is 0.549. The number of hydroxylamine groups is 8. The van der Waals surface area contributed by atoms with E-state index in [4.69, 9.17) is 44.3 Å². The summed E-state index contributed by atoms with van der Waals surface area (Å²) in [5.41, 5.74) is 0.360. The second kappa shape index (κ2) is 51.1. The molecule has 0 aliphatic carbocycles. The van der Waals surface area contributed by atoms with Crippen molar-refractivity contribution in [1.29, 1.82) is 0 Å². The predicted octanol–water partition coefficient (Wildman–Crippen LogP) is -6.07. The van der Waals surface area contributed by atoms with Gasteiger partial charge in [-0.1, -0.05) is 84.5 Å². The molecule has 9 amide bonds. The van der Waals surface area contributed by atoms with Crippen molar-refractivity contribution < 1.29 is 146 Å². The summed E-state index contributed by atoms with van der Waals surface area (Å²) in [4.78, 5) is 189. The van der Waals surface area contributed by atoms with E-state index in [0.717, 1.165) is 40.9 Å². The van der Waals surface area contributed by atoms with Gasteiger partial charge in [0.05, 0.1) is 71.3 Å². The molecule has 0 radical (unpaired) electrons. The maximum Gasteiger partial charge on any atom is 0.334 e. The molecule has 504 valence electrons. The van der Waals surface area contributed by atoms with E-state index in [1.807, 2.05) is 0 Å². The number of hydrogen-bond donors (Lipinski definition) is 4. The highest BCUT2D eigenvalue weighted by molar-refractivity contribution is 8.77. The summed E-state index contributed by atoms with van der Waals surface area (Å²) in [5.74, 6) is -3.24. The summed E-state index contributed by atoms with van der Waals surface area (Å²) in [6.07, 6.45) is 3.36. The molecule has 0 bridgehead atoms. The monoisotopic (exact) mass is 1430 g/mol. The highest BCUT2D eigenvalue weighted by Gasteiger charge is 2.35. The minimum absolute atomic E-state index is 0. The van der Waals surface area contributed by atoms with E-state index in [0.29, 0.717) is 63.7 Å². The minimum Gasteiger partial charge on any atom is -1.00 e. The molecule has 4 aliphatic heterocycles. The maximum absolute atomic E-state index is 11.7. The quantitative estimate of drug-likeness (QED) is 0.00863. The summed E-state index contributed by atoms with van der Waals surface area (Å²) in [6.45, 7) is 11.0. The summed E-state index contributed by atoms with van der Waals surface area (Å²) in [7, 11) is 12.6. The number of carbonyl (C=O) groups excluding carboxylic acids is 15. The van der Waals surface area contributed by atoms with Gasteiger partial charge in [0.25, 0.3) is 41.4 Å². The summed E-state index contributed by atoms with van der Waals surface area (Å²) >= 11 is 0. The van der Waals surface area contributed by atoms with Gasteiger partial charge in [0.2, 0.25) is 11.8 Å². The Morgan fingerprint density at radius 3 is 0.956 bits per heavy atom. The van der Waals surface area contributed by atoms with Crippen molar-refractivity contribution >= 4 is 166 Å². The third-order valence-electron chi connectivity index (χ3n) is 10.4. The molecule has 0 aromatic heterocycles. The van der Waals surface area contributed by atoms with Crippen molar-refractivity contribution in [2.75, 3.05) is 75.0 Å². The van der Waals surface area contributed by atoms with E-state index >= 15 is 0 Å². The van der Waals surface area contributed by atoms with Gasteiger partial charge in [-0.15, -0.1) is 20.3 Å². The number of nitrogens with two attached hydrogens (primary N) is 2. The van der Waals surface area contributed by atoms with Crippen molar-refractivity contribution in [1.82, 2.24) is 30.9 Å². The van der Waals surface area contributed by atoms with Gasteiger partial charge >= 0.3 is 47.6 Å². The normalized spacial score (nSPS) is 13.7. The van der Waals surface area contributed by atoms with Crippen molar-refractivity contribution in [2.45, 2.75) is 103 Å². The van der Waals surface area contributed by atoms with Crippen LogP contribution in [0.1, 0.15) is 103 Å². The van der Waals surface area contributed by atoms with Gasteiger partial charge in [-0.3, -0.25) is 52.7 Å². The van der Waals surface area contributed by atoms with Crippen LogP contribution in [0.3, 0.4) is 0 Å². The van der Waals surface area contributed by atoms with Crippen LogP contribution in [0.4, 0.5) is 0 Å². The molecule has 6 N–H and O–H groups in total. The first-order chi connectivity index (χ1) is 42.0. The number of imide groups is 3.